The first kappa shape index (κ1) is 32.8. The first-order chi connectivity index (χ1) is 28.7. The zero-order valence-corrected chi connectivity index (χ0v) is 32.0. The van der Waals surface area contributed by atoms with E-state index in [1.165, 1.54) is 20.2 Å². The average molecular weight is 760 g/mol. The summed E-state index contributed by atoms with van der Waals surface area (Å²) in [5, 5.41) is 7.06. The summed E-state index contributed by atoms with van der Waals surface area (Å²) < 4.78 is 15.5. The lowest BCUT2D eigenvalue weighted by Gasteiger charge is -2.26. The number of rotatable bonds is 6. The lowest BCUT2D eigenvalue weighted by molar-refractivity contribution is 0.669. The van der Waals surface area contributed by atoms with Crippen LogP contribution in [-0.4, -0.2) is 0 Å². The largest absolute Gasteiger partial charge is 0.455 e. The Balaban J connectivity index is 0.952. The molecule has 3 heterocycles. The summed E-state index contributed by atoms with van der Waals surface area (Å²) in [5.74, 6) is 0. The highest BCUT2D eigenvalue weighted by atomic mass is 32.1. The molecule has 0 saturated carbocycles. The molecule has 0 aliphatic heterocycles. The standard InChI is InChI=1S/C54H33NO2S/c1-2-10-35(11-3-1)41-14-9-17-46-47-32-37(24-30-50(47)57-54(41)46)34-20-25-38(26-21-34)55(40-29-31-52-48(33-40)44-13-5-7-19-51(44)58-52)39-27-22-36(23-28-39)42-15-8-16-45-43-12-4-6-18-49(43)56-53(42)45/h1-33H. The van der Waals surface area contributed by atoms with Crippen molar-refractivity contribution >= 4 is 92.4 Å². The molecule has 3 aromatic heterocycles. The molecule has 0 radical (unpaired) electrons. The fourth-order valence-corrected chi connectivity index (χ4v) is 9.78. The van der Waals surface area contributed by atoms with Crippen molar-refractivity contribution < 1.29 is 8.83 Å². The van der Waals surface area contributed by atoms with Gasteiger partial charge in [0.15, 0.2) is 0 Å². The predicted molar refractivity (Wildman–Crippen MR) is 245 cm³/mol. The Bertz CT molecular complexity index is 3500. The van der Waals surface area contributed by atoms with Gasteiger partial charge in [-0.2, -0.15) is 0 Å². The minimum absolute atomic E-state index is 0.890. The molecule has 0 fully saturated rings. The maximum absolute atomic E-state index is 6.49. The highest BCUT2D eigenvalue weighted by Gasteiger charge is 2.18. The molecule has 0 aliphatic rings. The molecule has 0 bridgehead atoms. The molecule has 0 spiro atoms. The average Bonchev–Trinajstić information content (AvgIpc) is 3.98. The molecule has 0 unspecified atom stereocenters. The van der Waals surface area contributed by atoms with Gasteiger partial charge in [0.1, 0.15) is 22.3 Å². The van der Waals surface area contributed by atoms with Gasteiger partial charge in [0.25, 0.3) is 0 Å². The molecule has 0 atom stereocenters. The smallest absolute Gasteiger partial charge is 0.143 e. The van der Waals surface area contributed by atoms with Gasteiger partial charge in [-0.05, 0) is 89.0 Å². The fraction of sp³-hybridized carbons (Fsp3) is 0. The summed E-state index contributed by atoms with van der Waals surface area (Å²) in [6.45, 7) is 0. The minimum Gasteiger partial charge on any atom is -0.455 e. The Kier molecular flexibility index (Phi) is 7.40. The van der Waals surface area contributed by atoms with Gasteiger partial charge < -0.3 is 13.7 Å². The predicted octanol–water partition coefficient (Wildman–Crippen LogP) is 16.3. The van der Waals surface area contributed by atoms with Crippen molar-refractivity contribution in [3.8, 4) is 33.4 Å². The SMILES string of the molecule is c1ccc(-c2cccc3c2oc2ccc(-c4ccc(N(c5ccc(-c6cccc7c6oc6ccccc67)cc5)c5ccc6sc7ccccc7c6c5)cc4)cc23)cc1. The van der Waals surface area contributed by atoms with E-state index in [0.29, 0.717) is 0 Å². The molecule has 0 amide bonds. The third kappa shape index (κ3) is 5.27. The van der Waals surface area contributed by atoms with Crippen molar-refractivity contribution in [3.63, 3.8) is 0 Å². The Labute approximate surface area is 338 Å². The number of nitrogens with zero attached hydrogens (tertiary/aromatic N) is 1. The van der Waals surface area contributed by atoms with Crippen LogP contribution in [0.3, 0.4) is 0 Å². The molecule has 3 nitrogen and oxygen atoms in total. The number of benzene rings is 9. The number of para-hydroxylation sites is 3. The quantitative estimate of drug-likeness (QED) is 0.169. The number of hydrogen-bond acceptors (Lipinski definition) is 4. The number of anilines is 3. The maximum Gasteiger partial charge on any atom is 0.143 e. The van der Waals surface area contributed by atoms with Gasteiger partial charge in [-0.1, -0.05) is 133 Å². The van der Waals surface area contributed by atoms with E-state index in [2.05, 4.69) is 187 Å². The van der Waals surface area contributed by atoms with E-state index in [4.69, 9.17) is 8.83 Å². The summed E-state index contributed by atoms with van der Waals surface area (Å²) in [4.78, 5) is 2.36. The van der Waals surface area contributed by atoms with Gasteiger partial charge >= 0.3 is 0 Å². The highest BCUT2D eigenvalue weighted by Crippen LogP contribution is 2.43. The van der Waals surface area contributed by atoms with Crippen molar-refractivity contribution in [2.24, 2.45) is 0 Å². The van der Waals surface area contributed by atoms with E-state index in [1.54, 1.807) is 0 Å². The summed E-state index contributed by atoms with van der Waals surface area (Å²) in [7, 11) is 0. The molecule has 4 heteroatoms. The summed E-state index contributed by atoms with van der Waals surface area (Å²) in [6, 6.07) is 71.4. The summed E-state index contributed by atoms with van der Waals surface area (Å²) in [6.07, 6.45) is 0. The Morgan fingerprint density at radius 1 is 0.310 bits per heavy atom. The van der Waals surface area contributed by atoms with Crippen LogP contribution in [0.25, 0.3) is 97.4 Å². The van der Waals surface area contributed by atoms with E-state index in [1.807, 2.05) is 29.5 Å². The van der Waals surface area contributed by atoms with Crippen molar-refractivity contribution in [3.05, 3.63) is 200 Å². The van der Waals surface area contributed by atoms with Crippen LogP contribution in [-0.2, 0) is 0 Å². The second-order valence-electron chi connectivity index (χ2n) is 14.8. The Hall–Kier alpha value is -7.40. The van der Waals surface area contributed by atoms with Crippen molar-refractivity contribution in [2.75, 3.05) is 4.90 Å². The Morgan fingerprint density at radius 2 is 0.845 bits per heavy atom. The van der Waals surface area contributed by atoms with Crippen LogP contribution in [0.5, 0.6) is 0 Å². The second-order valence-corrected chi connectivity index (χ2v) is 15.9. The van der Waals surface area contributed by atoms with Crippen molar-refractivity contribution in [1.29, 1.82) is 0 Å². The van der Waals surface area contributed by atoms with Gasteiger partial charge in [0.05, 0.1) is 0 Å². The summed E-state index contributed by atoms with van der Waals surface area (Å²) in [5.41, 5.74) is 13.6. The minimum atomic E-state index is 0.890. The van der Waals surface area contributed by atoms with Crippen LogP contribution in [0.4, 0.5) is 17.1 Å². The molecule has 0 N–H and O–H groups in total. The molecular formula is C54H33NO2S. The zero-order chi connectivity index (χ0) is 38.2. The van der Waals surface area contributed by atoms with E-state index in [-0.39, 0.29) is 0 Å². The van der Waals surface area contributed by atoms with Crippen molar-refractivity contribution in [1.82, 2.24) is 0 Å². The second kappa shape index (κ2) is 13.1. The highest BCUT2D eigenvalue weighted by molar-refractivity contribution is 7.25. The van der Waals surface area contributed by atoms with Gasteiger partial charge in [-0.3, -0.25) is 0 Å². The van der Waals surface area contributed by atoms with Gasteiger partial charge in [-0.25, -0.2) is 0 Å². The monoisotopic (exact) mass is 759 g/mol. The Morgan fingerprint density at radius 3 is 1.59 bits per heavy atom. The van der Waals surface area contributed by atoms with Crippen LogP contribution in [0.1, 0.15) is 0 Å². The molecule has 0 aliphatic carbocycles. The number of thiophene rings is 1. The third-order valence-corrected chi connectivity index (χ3v) is 12.7. The van der Waals surface area contributed by atoms with Crippen LogP contribution in [0.2, 0.25) is 0 Å². The summed E-state index contributed by atoms with van der Waals surface area (Å²) >= 11 is 1.84. The van der Waals surface area contributed by atoms with Crippen molar-refractivity contribution in [2.45, 2.75) is 0 Å². The van der Waals surface area contributed by atoms with Gasteiger partial charge in [0.2, 0.25) is 0 Å². The van der Waals surface area contributed by atoms with Crippen LogP contribution < -0.4 is 4.90 Å². The molecular weight excluding hydrogens is 727 g/mol. The van der Waals surface area contributed by atoms with E-state index in [9.17, 15) is 0 Å². The van der Waals surface area contributed by atoms with Crippen LogP contribution in [0.15, 0.2) is 209 Å². The number of furan rings is 2. The lowest BCUT2D eigenvalue weighted by Crippen LogP contribution is -2.09. The molecule has 9 aromatic carbocycles. The molecule has 58 heavy (non-hydrogen) atoms. The van der Waals surface area contributed by atoms with E-state index in [0.717, 1.165) is 94.3 Å². The van der Waals surface area contributed by atoms with Gasteiger partial charge in [0, 0.05) is 69.9 Å². The first-order valence-electron chi connectivity index (χ1n) is 19.6. The topological polar surface area (TPSA) is 29.5 Å². The van der Waals surface area contributed by atoms with E-state index < -0.39 is 0 Å². The fourth-order valence-electron chi connectivity index (χ4n) is 8.69. The van der Waals surface area contributed by atoms with Gasteiger partial charge in [-0.15, -0.1) is 11.3 Å². The third-order valence-electron chi connectivity index (χ3n) is 11.5. The first-order valence-corrected chi connectivity index (χ1v) is 20.4. The molecule has 272 valence electrons. The molecule has 12 rings (SSSR count). The van der Waals surface area contributed by atoms with Crippen LogP contribution >= 0.6 is 11.3 Å². The zero-order valence-electron chi connectivity index (χ0n) is 31.2. The normalized spacial score (nSPS) is 11.8. The lowest BCUT2D eigenvalue weighted by atomic mass is 10.00. The van der Waals surface area contributed by atoms with E-state index >= 15 is 0 Å². The van der Waals surface area contributed by atoms with Crippen LogP contribution in [0, 0.1) is 0 Å². The number of fused-ring (bicyclic) bond motifs is 9. The number of hydrogen-bond donors (Lipinski definition) is 0. The maximum atomic E-state index is 6.49. The molecule has 0 saturated heterocycles. The molecule has 12 aromatic rings.